The van der Waals surface area contributed by atoms with Crippen LogP contribution in [0.4, 0.5) is 4.79 Å². The summed E-state index contributed by atoms with van der Waals surface area (Å²) < 4.78 is 1.99. The number of ketones is 1. The topological polar surface area (TPSA) is 71.4 Å². The van der Waals surface area contributed by atoms with Crippen molar-refractivity contribution < 1.29 is 14.4 Å². The number of amides is 3. The fourth-order valence-corrected chi connectivity index (χ4v) is 4.64. The van der Waals surface area contributed by atoms with Gasteiger partial charge in [-0.2, -0.15) is 0 Å². The molecule has 1 aliphatic heterocycles. The standard InChI is InChI=1S/C24H27N3O3/c1-5-11-26-15(2)12-20(16(26)3)21(28)14-27-22(29)24(4,25-23(27)30)19-10-9-17-7-6-8-18(17)13-19/h5,9-10,12-13H,1,6-8,11,14H2,2-4H3,(H,25,30)/t24-/m1/s1. The summed E-state index contributed by atoms with van der Waals surface area (Å²) in [7, 11) is 0. The van der Waals surface area contributed by atoms with Crippen molar-refractivity contribution in [2.75, 3.05) is 6.54 Å². The zero-order chi connectivity index (χ0) is 21.6. The fourth-order valence-electron chi connectivity index (χ4n) is 4.64. The van der Waals surface area contributed by atoms with Gasteiger partial charge in [-0.15, -0.1) is 6.58 Å². The number of carbonyl (C=O) groups is 3. The lowest BCUT2D eigenvalue weighted by molar-refractivity contribution is -0.130. The first kappa shape index (κ1) is 20.1. The van der Waals surface area contributed by atoms with Crippen molar-refractivity contribution in [2.45, 2.75) is 52.1 Å². The zero-order valence-electron chi connectivity index (χ0n) is 17.7. The first-order chi connectivity index (χ1) is 14.3. The highest BCUT2D eigenvalue weighted by Crippen LogP contribution is 2.32. The number of Topliss-reactive ketones (excluding diaryl/α,β-unsaturated/α-hetero) is 1. The van der Waals surface area contributed by atoms with Gasteiger partial charge in [0.2, 0.25) is 0 Å². The third-order valence-corrected chi connectivity index (χ3v) is 6.44. The number of rotatable bonds is 6. The van der Waals surface area contributed by atoms with Gasteiger partial charge < -0.3 is 9.88 Å². The van der Waals surface area contributed by atoms with E-state index in [1.54, 1.807) is 19.1 Å². The monoisotopic (exact) mass is 405 g/mol. The van der Waals surface area contributed by atoms with E-state index >= 15 is 0 Å². The van der Waals surface area contributed by atoms with Crippen LogP contribution in [-0.4, -0.2) is 33.7 Å². The van der Waals surface area contributed by atoms with Crippen LogP contribution in [0.1, 0.15) is 51.8 Å². The van der Waals surface area contributed by atoms with Gasteiger partial charge in [-0.1, -0.05) is 24.3 Å². The van der Waals surface area contributed by atoms with E-state index in [2.05, 4.69) is 11.9 Å². The highest BCUT2D eigenvalue weighted by atomic mass is 16.2. The molecule has 0 spiro atoms. The van der Waals surface area contributed by atoms with Crippen LogP contribution in [0.3, 0.4) is 0 Å². The molecule has 0 radical (unpaired) electrons. The number of carbonyl (C=O) groups excluding carboxylic acids is 3. The predicted octanol–water partition coefficient (Wildman–Crippen LogP) is 3.43. The first-order valence-corrected chi connectivity index (χ1v) is 10.3. The highest BCUT2D eigenvalue weighted by Gasteiger charge is 2.49. The molecule has 0 saturated carbocycles. The maximum absolute atomic E-state index is 13.2. The lowest BCUT2D eigenvalue weighted by atomic mass is 9.89. The number of nitrogens with one attached hydrogen (secondary N) is 1. The number of aromatic nitrogens is 1. The average Bonchev–Trinajstić information content (AvgIpc) is 3.35. The van der Waals surface area contributed by atoms with E-state index in [9.17, 15) is 14.4 Å². The Morgan fingerprint density at radius 2 is 1.93 bits per heavy atom. The Hall–Kier alpha value is -3.15. The molecule has 1 N–H and O–H groups in total. The highest BCUT2D eigenvalue weighted by molar-refractivity contribution is 6.11. The molecule has 0 unspecified atom stereocenters. The minimum atomic E-state index is -1.16. The molecule has 3 amide bonds. The Morgan fingerprint density at radius 3 is 2.67 bits per heavy atom. The van der Waals surface area contributed by atoms with Gasteiger partial charge in [-0.25, -0.2) is 4.79 Å². The lowest BCUT2D eigenvalue weighted by Crippen LogP contribution is -2.41. The molecule has 6 heteroatoms. The summed E-state index contributed by atoms with van der Waals surface area (Å²) in [6, 6.07) is 7.26. The van der Waals surface area contributed by atoms with Gasteiger partial charge in [0, 0.05) is 23.5 Å². The van der Waals surface area contributed by atoms with Crippen LogP contribution in [-0.2, 0) is 29.7 Å². The molecular formula is C24H27N3O3. The summed E-state index contributed by atoms with van der Waals surface area (Å²) in [5, 5.41) is 2.81. The number of imide groups is 1. The van der Waals surface area contributed by atoms with Gasteiger partial charge in [0.15, 0.2) is 5.78 Å². The van der Waals surface area contributed by atoms with Crippen molar-refractivity contribution in [1.82, 2.24) is 14.8 Å². The van der Waals surface area contributed by atoms with Gasteiger partial charge in [0.05, 0.1) is 6.54 Å². The molecule has 1 aromatic carbocycles. The molecule has 2 heterocycles. The van der Waals surface area contributed by atoms with E-state index < -0.39 is 17.5 Å². The number of nitrogens with zero attached hydrogens (tertiary/aromatic N) is 2. The minimum Gasteiger partial charge on any atom is -0.345 e. The maximum atomic E-state index is 13.2. The molecule has 2 aromatic rings. The van der Waals surface area contributed by atoms with Crippen LogP contribution in [0, 0.1) is 13.8 Å². The van der Waals surface area contributed by atoms with Crippen LogP contribution < -0.4 is 5.32 Å². The number of allylic oxidation sites excluding steroid dienone is 1. The van der Waals surface area contributed by atoms with Crippen molar-refractivity contribution in [1.29, 1.82) is 0 Å². The Balaban J connectivity index is 1.58. The molecule has 2 aliphatic rings. The Bertz CT molecular complexity index is 1080. The number of benzene rings is 1. The SMILES string of the molecule is C=CCn1c(C)cc(C(=O)CN2C(=O)N[C@](C)(c3ccc4c(c3)CCC4)C2=O)c1C. The number of hydrogen-bond acceptors (Lipinski definition) is 3. The molecule has 0 bridgehead atoms. The Morgan fingerprint density at radius 1 is 1.20 bits per heavy atom. The van der Waals surface area contributed by atoms with E-state index in [1.165, 1.54) is 11.1 Å². The second-order valence-electron chi connectivity index (χ2n) is 8.39. The molecule has 1 aromatic heterocycles. The summed E-state index contributed by atoms with van der Waals surface area (Å²) in [5.74, 6) is -0.640. The van der Waals surface area contributed by atoms with Crippen LogP contribution in [0.25, 0.3) is 0 Å². The summed E-state index contributed by atoms with van der Waals surface area (Å²) in [4.78, 5) is 39.9. The molecule has 6 nitrogen and oxygen atoms in total. The van der Waals surface area contributed by atoms with Gasteiger partial charge >= 0.3 is 6.03 Å². The van der Waals surface area contributed by atoms with Crippen molar-refractivity contribution in [3.63, 3.8) is 0 Å². The number of urea groups is 1. The van der Waals surface area contributed by atoms with E-state index in [4.69, 9.17) is 0 Å². The number of fused-ring (bicyclic) bond motifs is 1. The first-order valence-electron chi connectivity index (χ1n) is 10.3. The van der Waals surface area contributed by atoms with Crippen molar-refractivity contribution >= 4 is 17.7 Å². The van der Waals surface area contributed by atoms with Crippen molar-refractivity contribution in [3.8, 4) is 0 Å². The second kappa shape index (κ2) is 7.27. The smallest absolute Gasteiger partial charge is 0.325 e. The molecule has 1 atom stereocenters. The van der Waals surface area contributed by atoms with Gasteiger partial charge in [0.25, 0.3) is 5.91 Å². The van der Waals surface area contributed by atoms with E-state index in [1.807, 2.05) is 36.6 Å². The third-order valence-electron chi connectivity index (χ3n) is 6.44. The maximum Gasteiger partial charge on any atom is 0.325 e. The number of aryl methyl sites for hydroxylation is 3. The van der Waals surface area contributed by atoms with Crippen LogP contribution in [0.5, 0.6) is 0 Å². The molecule has 156 valence electrons. The van der Waals surface area contributed by atoms with Gasteiger partial charge in [-0.3, -0.25) is 14.5 Å². The molecular weight excluding hydrogens is 378 g/mol. The molecule has 1 fully saturated rings. The summed E-state index contributed by atoms with van der Waals surface area (Å²) in [5.41, 5.74) is 4.43. The quantitative estimate of drug-likeness (QED) is 0.455. The fraction of sp³-hybridized carbons (Fsp3) is 0.375. The summed E-state index contributed by atoms with van der Waals surface area (Å²) >= 11 is 0. The van der Waals surface area contributed by atoms with Crippen LogP contribution >= 0.6 is 0 Å². The Kier molecular flexibility index (Phi) is 4.88. The van der Waals surface area contributed by atoms with Gasteiger partial charge in [0.1, 0.15) is 5.54 Å². The Labute approximate surface area is 176 Å². The third kappa shape index (κ3) is 3.07. The molecule has 30 heavy (non-hydrogen) atoms. The average molecular weight is 405 g/mol. The zero-order valence-corrected chi connectivity index (χ0v) is 17.7. The van der Waals surface area contributed by atoms with E-state index in [0.717, 1.165) is 41.1 Å². The van der Waals surface area contributed by atoms with Gasteiger partial charge in [-0.05, 0) is 62.8 Å². The normalized spacial score (nSPS) is 20.4. The largest absolute Gasteiger partial charge is 0.345 e. The van der Waals surface area contributed by atoms with Crippen LogP contribution in [0.15, 0.2) is 36.9 Å². The predicted molar refractivity (Wildman–Crippen MR) is 114 cm³/mol. The summed E-state index contributed by atoms with van der Waals surface area (Å²) in [6.45, 7) is 9.58. The van der Waals surface area contributed by atoms with E-state index in [-0.39, 0.29) is 12.3 Å². The van der Waals surface area contributed by atoms with Crippen molar-refractivity contribution in [3.05, 3.63) is 70.6 Å². The van der Waals surface area contributed by atoms with Crippen LogP contribution in [0.2, 0.25) is 0 Å². The lowest BCUT2D eigenvalue weighted by Gasteiger charge is -2.23. The summed E-state index contributed by atoms with van der Waals surface area (Å²) in [6.07, 6.45) is 4.93. The van der Waals surface area contributed by atoms with E-state index in [0.29, 0.717) is 12.1 Å². The second-order valence-corrected chi connectivity index (χ2v) is 8.39. The molecule has 1 aliphatic carbocycles. The molecule has 1 saturated heterocycles. The molecule has 4 rings (SSSR count). The van der Waals surface area contributed by atoms with Crippen molar-refractivity contribution in [2.24, 2.45) is 0 Å². The minimum absolute atomic E-state index is 0.250. The number of hydrogen-bond donors (Lipinski definition) is 1.